The third-order valence-corrected chi connectivity index (χ3v) is 3.38. The molecule has 0 radical (unpaired) electrons. The average molecular weight is 239 g/mol. The Labute approximate surface area is 101 Å². The monoisotopic (exact) mass is 239 g/mol. The molecule has 1 heterocycles. The highest BCUT2D eigenvalue weighted by Crippen LogP contribution is 2.36. The number of nitrogens with one attached hydrogen (secondary N) is 1. The lowest BCUT2D eigenvalue weighted by Crippen LogP contribution is -2.30. The molecule has 1 aromatic carbocycles. The molecule has 0 aromatic heterocycles. The SMILES string of the molecule is CC(C)(F)c1c(F)cccc1C1CCCNC1. The van der Waals surface area contributed by atoms with Crippen molar-refractivity contribution in [1.29, 1.82) is 0 Å². The van der Waals surface area contributed by atoms with Gasteiger partial charge in [0.05, 0.1) is 0 Å². The number of benzene rings is 1. The molecule has 1 N–H and O–H groups in total. The van der Waals surface area contributed by atoms with Crippen LogP contribution in [0.3, 0.4) is 0 Å². The molecule has 0 spiro atoms. The molecule has 1 atom stereocenters. The summed E-state index contributed by atoms with van der Waals surface area (Å²) in [7, 11) is 0. The van der Waals surface area contributed by atoms with Crippen LogP contribution in [0, 0.1) is 5.82 Å². The van der Waals surface area contributed by atoms with E-state index in [0.717, 1.165) is 31.5 Å². The molecular weight excluding hydrogens is 220 g/mol. The van der Waals surface area contributed by atoms with Gasteiger partial charge in [-0.05, 0) is 50.8 Å². The average Bonchev–Trinajstić information content (AvgIpc) is 2.28. The Kier molecular flexibility index (Phi) is 3.48. The standard InChI is InChI=1S/C14H19F2N/c1-14(2,16)13-11(6-3-7-12(13)15)10-5-4-8-17-9-10/h3,6-7,10,17H,4-5,8-9H2,1-2H3. The van der Waals surface area contributed by atoms with E-state index in [9.17, 15) is 8.78 Å². The van der Waals surface area contributed by atoms with Crippen molar-refractivity contribution in [2.24, 2.45) is 0 Å². The van der Waals surface area contributed by atoms with Gasteiger partial charge in [0.15, 0.2) is 0 Å². The summed E-state index contributed by atoms with van der Waals surface area (Å²) in [6.07, 6.45) is 2.06. The zero-order chi connectivity index (χ0) is 12.5. The Bertz CT molecular complexity index is 390. The minimum atomic E-state index is -1.63. The van der Waals surface area contributed by atoms with Crippen LogP contribution in [0.5, 0.6) is 0 Å². The van der Waals surface area contributed by atoms with Gasteiger partial charge in [0.2, 0.25) is 0 Å². The summed E-state index contributed by atoms with van der Waals surface area (Å²) in [6.45, 7) is 4.66. The van der Waals surface area contributed by atoms with Crippen molar-refractivity contribution in [3.8, 4) is 0 Å². The van der Waals surface area contributed by atoms with Crippen LogP contribution in [0.4, 0.5) is 8.78 Å². The Morgan fingerprint density at radius 3 is 2.71 bits per heavy atom. The maximum Gasteiger partial charge on any atom is 0.133 e. The van der Waals surface area contributed by atoms with Gasteiger partial charge in [0, 0.05) is 12.1 Å². The lowest BCUT2D eigenvalue weighted by Gasteiger charge is -2.28. The smallest absolute Gasteiger partial charge is 0.133 e. The van der Waals surface area contributed by atoms with E-state index in [1.165, 1.54) is 19.9 Å². The van der Waals surface area contributed by atoms with Crippen LogP contribution in [0.1, 0.15) is 43.7 Å². The van der Waals surface area contributed by atoms with Crippen LogP contribution in [0.25, 0.3) is 0 Å². The van der Waals surface area contributed by atoms with Gasteiger partial charge >= 0.3 is 0 Å². The summed E-state index contributed by atoms with van der Waals surface area (Å²) in [4.78, 5) is 0. The van der Waals surface area contributed by atoms with E-state index in [0.29, 0.717) is 0 Å². The summed E-state index contributed by atoms with van der Waals surface area (Å²) >= 11 is 0. The van der Waals surface area contributed by atoms with Crippen molar-refractivity contribution >= 4 is 0 Å². The van der Waals surface area contributed by atoms with Crippen molar-refractivity contribution in [2.45, 2.75) is 38.3 Å². The summed E-state index contributed by atoms with van der Waals surface area (Å²) in [5.74, 6) is -0.204. The van der Waals surface area contributed by atoms with Crippen LogP contribution in [0.2, 0.25) is 0 Å². The first kappa shape index (κ1) is 12.5. The largest absolute Gasteiger partial charge is 0.316 e. The highest BCUT2D eigenvalue weighted by molar-refractivity contribution is 5.36. The quantitative estimate of drug-likeness (QED) is 0.833. The zero-order valence-electron chi connectivity index (χ0n) is 10.4. The second-order valence-electron chi connectivity index (χ2n) is 5.22. The van der Waals surface area contributed by atoms with E-state index in [1.54, 1.807) is 6.07 Å². The number of hydrogen-bond acceptors (Lipinski definition) is 1. The van der Waals surface area contributed by atoms with E-state index in [2.05, 4.69) is 5.32 Å². The molecule has 1 aliphatic heterocycles. The van der Waals surface area contributed by atoms with E-state index in [1.807, 2.05) is 6.07 Å². The van der Waals surface area contributed by atoms with Gasteiger partial charge in [-0.2, -0.15) is 0 Å². The number of alkyl halides is 1. The molecule has 94 valence electrons. The minimum absolute atomic E-state index is 0.226. The molecule has 1 saturated heterocycles. The van der Waals surface area contributed by atoms with Gasteiger partial charge in [-0.1, -0.05) is 12.1 Å². The summed E-state index contributed by atoms with van der Waals surface area (Å²) in [6, 6.07) is 4.88. The third kappa shape index (κ3) is 2.65. The van der Waals surface area contributed by atoms with Gasteiger partial charge in [0.25, 0.3) is 0 Å². The second kappa shape index (κ2) is 4.73. The van der Waals surface area contributed by atoms with Crippen molar-refractivity contribution in [3.05, 3.63) is 35.1 Å². The second-order valence-corrected chi connectivity index (χ2v) is 5.22. The summed E-state index contributed by atoms with van der Waals surface area (Å²) in [5.41, 5.74) is -0.573. The molecule has 1 nitrogen and oxygen atoms in total. The lowest BCUT2D eigenvalue weighted by atomic mass is 9.83. The molecule has 0 saturated carbocycles. The normalized spacial score (nSPS) is 21.5. The fourth-order valence-corrected chi connectivity index (χ4v) is 2.63. The zero-order valence-corrected chi connectivity index (χ0v) is 10.4. The predicted molar refractivity (Wildman–Crippen MR) is 65.4 cm³/mol. The fourth-order valence-electron chi connectivity index (χ4n) is 2.63. The number of piperidine rings is 1. The molecule has 2 rings (SSSR count). The first-order valence-corrected chi connectivity index (χ1v) is 6.18. The fraction of sp³-hybridized carbons (Fsp3) is 0.571. The van der Waals surface area contributed by atoms with Crippen LogP contribution >= 0.6 is 0 Å². The van der Waals surface area contributed by atoms with Crippen molar-refractivity contribution in [3.63, 3.8) is 0 Å². The van der Waals surface area contributed by atoms with E-state index in [4.69, 9.17) is 0 Å². The molecular formula is C14H19F2N. The maximum absolute atomic E-state index is 14.1. The molecule has 1 fully saturated rings. The number of halogens is 2. The maximum atomic E-state index is 14.1. The van der Waals surface area contributed by atoms with Crippen LogP contribution in [-0.4, -0.2) is 13.1 Å². The minimum Gasteiger partial charge on any atom is -0.316 e. The number of hydrogen-bond donors (Lipinski definition) is 1. The topological polar surface area (TPSA) is 12.0 Å². The molecule has 0 aliphatic carbocycles. The third-order valence-electron chi connectivity index (χ3n) is 3.38. The van der Waals surface area contributed by atoms with Gasteiger partial charge in [-0.15, -0.1) is 0 Å². The van der Waals surface area contributed by atoms with Crippen LogP contribution in [-0.2, 0) is 5.67 Å². The summed E-state index contributed by atoms with van der Waals surface area (Å²) in [5, 5.41) is 3.29. The van der Waals surface area contributed by atoms with Gasteiger partial charge in [-0.3, -0.25) is 0 Å². The Hall–Kier alpha value is -0.960. The van der Waals surface area contributed by atoms with Crippen molar-refractivity contribution in [1.82, 2.24) is 5.32 Å². The van der Waals surface area contributed by atoms with E-state index >= 15 is 0 Å². The molecule has 0 bridgehead atoms. The molecule has 1 unspecified atom stereocenters. The van der Waals surface area contributed by atoms with Gasteiger partial charge < -0.3 is 5.32 Å². The van der Waals surface area contributed by atoms with Crippen LogP contribution < -0.4 is 5.32 Å². The van der Waals surface area contributed by atoms with E-state index < -0.39 is 11.5 Å². The van der Waals surface area contributed by atoms with Gasteiger partial charge in [0.1, 0.15) is 11.5 Å². The van der Waals surface area contributed by atoms with E-state index in [-0.39, 0.29) is 11.5 Å². The first-order chi connectivity index (χ1) is 8.00. The Balaban J connectivity index is 2.42. The molecule has 1 aromatic rings. The highest BCUT2D eigenvalue weighted by atomic mass is 19.1. The first-order valence-electron chi connectivity index (χ1n) is 6.18. The van der Waals surface area contributed by atoms with Crippen molar-refractivity contribution in [2.75, 3.05) is 13.1 Å². The highest BCUT2D eigenvalue weighted by Gasteiger charge is 2.29. The Morgan fingerprint density at radius 2 is 2.12 bits per heavy atom. The molecule has 0 amide bonds. The van der Waals surface area contributed by atoms with Crippen LogP contribution in [0.15, 0.2) is 18.2 Å². The lowest BCUT2D eigenvalue weighted by molar-refractivity contribution is 0.210. The molecule has 17 heavy (non-hydrogen) atoms. The number of rotatable bonds is 2. The molecule has 1 aliphatic rings. The summed E-state index contributed by atoms with van der Waals surface area (Å²) < 4.78 is 28.0. The Morgan fingerprint density at radius 1 is 1.35 bits per heavy atom. The molecule has 3 heteroatoms. The van der Waals surface area contributed by atoms with Gasteiger partial charge in [-0.25, -0.2) is 8.78 Å². The van der Waals surface area contributed by atoms with Crippen molar-refractivity contribution < 1.29 is 8.78 Å². The predicted octanol–water partition coefficient (Wildman–Crippen LogP) is 3.50.